The summed E-state index contributed by atoms with van der Waals surface area (Å²) in [6, 6.07) is 0. The van der Waals surface area contributed by atoms with E-state index in [1.54, 1.807) is 0 Å². The molecule has 0 aromatic rings. The Balaban J connectivity index is 5.21. The van der Waals surface area contributed by atoms with Gasteiger partial charge in [0.15, 0.2) is 12.2 Å². The van der Waals surface area contributed by atoms with E-state index in [-0.39, 0.29) is 25.7 Å². The molecule has 0 heterocycles. The minimum atomic E-state index is -4.95. The number of esters is 4. The molecular weight excluding hydrogens is 1220 g/mol. The minimum absolute atomic E-state index is 0.107. The maximum absolute atomic E-state index is 13.1. The Morgan fingerprint density at radius 1 is 0.290 bits per heavy atom. The predicted molar refractivity (Wildman–Crippen MR) is 377 cm³/mol. The highest BCUT2D eigenvalue weighted by Gasteiger charge is 2.30. The van der Waals surface area contributed by atoms with Crippen molar-refractivity contribution in [2.45, 2.75) is 406 Å². The third-order valence-corrected chi connectivity index (χ3v) is 19.2. The fraction of sp³-hybridized carbons (Fsp3) is 0.946. The Labute approximate surface area is 568 Å². The fourth-order valence-corrected chi connectivity index (χ4v) is 12.9. The number of phosphoric acid groups is 2. The summed E-state index contributed by atoms with van der Waals surface area (Å²) in [6.45, 7) is 7.26. The molecule has 0 fully saturated rings. The molecule has 17 nitrogen and oxygen atoms in total. The normalized spacial score (nSPS) is 14.0. The molecule has 0 bridgehead atoms. The van der Waals surface area contributed by atoms with Crippen LogP contribution < -0.4 is 0 Å². The number of rotatable bonds is 74. The zero-order valence-electron chi connectivity index (χ0n) is 60.4. The molecule has 0 radical (unpaired) electrons. The van der Waals surface area contributed by atoms with Crippen LogP contribution in [0.15, 0.2) is 0 Å². The van der Waals surface area contributed by atoms with Crippen LogP contribution in [0.4, 0.5) is 0 Å². The summed E-state index contributed by atoms with van der Waals surface area (Å²) in [5, 5.41) is 10.6. The number of carbonyl (C=O) groups is 4. The molecule has 0 aromatic carbocycles. The molecule has 93 heavy (non-hydrogen) atoms. The molecule has 0 saturated carbocycles. The van der Waals surface area contributed by atoms with Crippen LogP contribution in [-0.2, 0) is 65.4 Å². The second-order valence-electron chi connectivity index (χ2n) is 27.2. The number of hydrogen-bond acceptors (Lipinski definition) is 15. The van der Waals surface area contributed by atoms with Crippen LogP contribution in [0.2, 0.25) is 0 Å². The van der Waals surface area contributed by atoms with E-state index in [9.17, 15) is 43.2 Å². The highest BCUT2D eigenvalue weighted by Crippen LogP contribution is 2.45. The summed E-state index contributed by atoms with van der Waals surface area (Å²) in [5.74, 6) is -1.35. The van der Waals surface area contributed by atoms with Gasteiger partial charge in [-0.05, 0) is 31.6 Å². The number of carbonyl (C=O) groups excluding carboxylic acids is 4. The van der Waals surface area contributed by atoms with Crippen molar-refractivity contribution in [3.8, 4) is 0 Å². The van der Waals surface area contributed by atoms with Crippen LogP contribution in [0, 0.1) is 5.92 Å². The zero-order valence-corrected chi connectivity index (χ0v) is 62.2. The highest BCUT2D eigenvalue weighted by molar-refractivity contribution is 7.47. The Bertz CT molecular complexity index is 1790. The van der Waals surface area contributed by atoms with Crippen LogP contribution in [0.5, 0.6) is 0 Å². The molecule has 0 saturated heterocycles. The molecule has 0 aliphatic carbocycles. The van der Waals surface area contributed by atoms with Gasteiger partial charge in [-0.1, -0.05) is 336 Å². The van der Waals surface area contributed by atoms with Crippen molar-refractivity contribution in [1.82, 2.24) is 0 Å². The van der Waals surface area contributed by atoms with E-state index in [0.717, 1.165) is 95.8 Å². The minimum Gasteiger partial charge on any atom is -0.462 e. The molecule has 0 rings (SSSR count). The van der Waals surface area contributed by atoms with Gasteiger partial charge in [-0.15, -0.1) is 0 Å². The van der Waals surface area contributed by atoms with Gasteiger partial charge in [-0.25, -0.2) is 9.13 Å². The second kappa shape index (κ2) is 67.3. The maximum atomic E-state index is 13.1. The number of aliphatic hydroxyl groups excluding tert-OH is 1. The van der Waals surface area contributed by atoms with E-state index in [1.165, 1.54) is 212 Å². The van der Waals surface area contributed by atoms with Crippen LogP contribution in [0.25, 0.3) is 0 Å². The van der Waals surface area contributed by atoms with Gasteiger partial charge in [-0.3, -0.25) is 37.3 Å². The summed E-state index contributed by atoms with van der Waals surface area (Å²) in [4.78, 5) is 72.6. The highest BCUT2D eigenvalue weighted by atomic mass is 31.2. The van der Waals surface area contributed by atoms with Crippen molar-refractivity contribution in [3.05, 3.63) is 0 Å². The van der Waals surface area contributed by atoms with Crippen LogP contribution >= 0.6 is 15.6 Å². The van der Waals surface area contributed by atoms with Crippen LogP contribution in [0.1, 0.15) is 388 Å². The summed E-state index contributed by atoms with van der Waals surface area (Å²) in [5.41, 5.74) is 0. The van der Waals surface area contributed by atoms with Crippen molar-refractivity contribution >= 4 is 39.5 Å². The van der Waals surface area contributed by atoms with Gasteiger partial charge in [0.05, 0.1) is 26.4 Å². The quantitative estimate of drug-likeness (QED) is 0.0222. The van der Waals surface area contributed by atoms with Crippen molar-refractivity contribution in [2.24, 2.45) is 5.92 Å². The molecule has 3 N–H and O–H groups in total. The monoisotopic (exact) mass is 1370 g/mol. The molecular formula is C74H144O17P2. The van der Waals surface area contributed by atoms with Gasteiger partial charge in [0.1, 0.15) is 19.3 Å². The Morgan fingerprint density at radius 3 is 0.731 bits per heavy atom. The van der Waals surface area contributed by atoms with Crippen molar-refractivity contribution < 1.29 is 80.2 Å². The van der Waals surface area contributed by atoms with Crippen molar-refractivity contribution in [2.75, 3.05) is 39.6 Å². The summed E-state index contributed by atoms with van der Waals surface area (Å²) in [6.07, 6.45) is 55.5. The van der Waals surface area contributed by atoms with E-state index in [4.69, 9.17) is 37.0 Å². The second-order valence-corrected chi connectivity index (χ2v) is 30.1. The lowest BCUT2D eigenvalue weighted by molar-refractivity contribution is -0.161. The predicted octanol–water partition coefficient (Wildman–Crippen LogP) is 21.7. The van der Waals surface area contributed by atoms with E-state index < -0.39 is 97.5 Å². The molecule has 0 amide bonds. The first-order valence-electron chi connectivity index (χ1n) is 38.6. The van der Waals surface area contributed by atoms with Gasteiger partial charge in [0.2, 0.25) is 0 Å². The number of unbranched alkanes of at least 4 members (excludes halogenated alkanes) is 46. The molecule has 0 spiro atoms. The topological polar surface area (TPSA) is 237 Å². The lowest BCUT2D eigenvalue weighted by Gasteiger charge is -2.21. The van der Waals surface area contributed by atoms with Gasteiger partial charge in [-0.2, -0.15) is 0 Å². The Morgan fingerprint density at radius 2 is 0.495 bits per heavy atom. The molecule has 0 aliphatic heterocycles. The number of hydrogen-bond donors (Lipinski definition) is 3. The smallest absolute Gasteiger partial charge is 0.462 e. The number of phosphoric ester groups is 2. The number of aliphatic hydroxyl groups is 1. The van der Waals surface area contributed by atoms with E-state index in [0.29, 0.717) is 25.7 Å². The lowest BCUT2D eigenvalue weighted by Crippen LogP contribution is -2.30. The first-order chi connectivity index (χ1) is 45.0. The Kier molecular flexibility index (Phi) is 65.9. The Hall–Kier alpha value is -1.94. The SMILES string of the molecule is CCCCCCCCCCCCCCCCCCCCCC(=O)O[C@H](COC(=O)CCCCCCCCCCCCCC(C)C)COP(=O)(O)OC[C@@H](O)COP(=O)(O)OC[C@@H](COC(=O)CCCCCCCCCCC)OC(=O)CCCCCCCCCCCCC. The molecule has 0 aromatic heterocycles. The first-order valence-corrected chi connectivity index (χ1v) is 41.6. The third-order valence-electron chi connectivity index (χ3n) is 17.3. The standard InChI is InChI=1S/C74H144O17P2/c1-6-9-12-15-18-21-23-24-25-26-27-28-29-30-34-40-45-50-55-60-74(79)91-70(64-85-72(77)58-53-48-43-38-35-31-33-37-41-46-51-56-67(4)5)66-89-93(82,83)87-62-68(75)61-86-92(80,81)88-65-69(63-84-71(76)57-52-47-42-36-20-17-14-11-8-3)90-73(78)59-54-49-44-39-32-22-19-16-13-10-7-2/h67-70,75H,6-66H2,1-5H3,(H,80,81)(H,82,83)/t68-,69+,70+/m0/s1. The van der Waals surface area contributed by atoms with E-state index >= 15 is 0 Å². The number of ether oxygens (including phenoxy) is 4. The van der Waals surface area contributed by atoms with Crippen LogP contribution in [-0.4, -0.2) is 96.7 Å². The first kappa shape index (κ1) is 91.1. The van der Waals surface area contributed by atoms with Gasteiger partial charge in [0.25, 0.3) is 0 Å². The van der Waals surface area contributed by atoms with Gasteiger partial charge < -0.3 is 33.8 Å². The summed E-state index contributed by atoms with van der Waals surface area (Å²) >= 11 is 0. The molecule has 0 aliphatic rings. The largest absolute Gasteiger partial charge is 0.472 e. The van der Waals surface area contributed by atoms with Gasteiger partial charge in [0, 0.05) is 25.7 Å². The summed E-state index contributed by atoms with van der Waals surface area (Å²) in [7, 11) is -9.90. The van der Waals surface area contributed by atoms with Gasteiger partial charge >= 0.3 is 39.5 Å². The van der Waals surface area contributed by atoms with Crippen molar-refractivity contribution in [1.29, 1.82) is 0 Å². The molecule has 5 atom stereocenters. The van der Waals surface area contributed by atoms with Crippen molar-refractivity contribution in [3.63, 3.8) is 0 Å². The molecule has 19 heteroatoms. The lowest BCUT2D eigenvalue weighted by atomic mass is 10.0. The summed E-state index contributed by atoms with van der Waals surface area (Å²) < 4.78 is 68.4. The average molecular weight is 1370 g/mol. The third kappa shape index (κ3) is 68.4. The molecule has 2 unspecified atom stereocenters. The van der Waals surface area contributed by atoms with Crippen LogP contribution in [0.3, 0.4) is 0 Å². The zero-order chi connectivity index (χ0) is 68.4. The van der Waals surface area contributed by atoms with E-state index in [2.05, 4.69) is 34.6 Å². The fourth-order valence-electron chi connectivity index (χ4n) is 11.4. The molecule has 552 valence electrons. The maximum Gasteiger partial charge on any atom is 0.472 e. The van der Waals surface area contributed by atoms with E-state index in [1.807, 2.05) is 0 Å². The average Bonchev–Trinajstić information content (AvgIpc) is 1.58.